The van der Waals surface area contributed by atoms with Crippen molar-refractivity contribution in [3.05, 3.63) is 47.8 Å². The molecule has 1 aromatic carbocycles. The van der Waals surface area contributed by atoms with E-state index in [4.69, 9.17) is 5.11 Å². The molecule has 0 radical (unpaired) electrons. The van der Waals surface area contributed by atoms with Crippen molar-refractivity contribution in [2.45, 2.75) is 11.5 Å². The van der Waals surface area contributed by atoms with Crippen LogP contribution in [0, 0.1) is 11.6 Å². The second-order valence-corrected chi connectivity index (χ2v) is 5.85. The highest BCUT2D eigenvalue weighted by Gasteiger charge is 2.18. The Bertz CT molecular complexity index is 741. The lowest BCUT2D eigenvalue weighted by Crippen LogP contribution is -2.12. The summed E-state index contributed by atoms with van der Waals surface area (Å²) in [5.74, 6) is -2.20. The highest BCUT2D eigenvalue weighted by molar-refractivity contribution is 7.92. The fourth-order valence-electron chi connectivity index (χ4n) is 1.65. The minimum Gasteiger partial charge on any atom is -0.390 e. The number of rotatable bonds is 4. The zero-order valence-electron chi connectivity index (χ0n) is 10.5. The molecule has 20 heavy (non-hydrogen) atoms. The molecule has 108 valence electrons. The molecule has 2 rings (SSSR count). The standard InChI is InChI=1S/C12H12F2N2O3S/c1-16-6-10(5-9(16)7-17)20(18,19)15-8-2-3-11(13)12(14)4-8/h2-6,15,17H,7H2,1H3. The third kappa shape index (κ3) is 2.81. The number of nitrogens with zero attached hydrogens (tertiary/aromatic N) is 1. The maximum atomic E-state index is 13.0. The lowest BCUT2D eigenvalue weighted by molar-refractivity contribution is 0.272. The molecule has 0 atom stereocenters. The van der Waals surface area contributed by atoms with E-state index in [2.05, 4.69) is 4.72 Å². The van der Waals surface area contributed by atoms with Crippen LogP contribution in [-0.2, 0) is 23.7 Å². The van der Waals surface area contributed by atoms with E-state index in [9.17, 15) is 17.2 Å². The predicted octanol–water partition coefficient (Wildman–Crippen LogP) is 1.60. The molecule has 0 saturated carbocycles. The summed E-state index contributed by atoms with van der Waals surface area (Å²) in [7, 11) is -2.34. The minimum absolute atomic E-state index is 0.0752. The van der Waals surface area contributed by atoms with Crippen LogP contribution in [0.3, 0.4) is 0 Å². The zero-order chi connectivity index (χ0) is 14.9. The summed E-state index contributed by atoms with van der Waals surface area (Å²) in [5.41, 5.74) is 0.328. The van der Waals surface area contributed by atoms with Crippen molar-refractivity contribution in [3.8, 4) is 0 Å². The van der Waals surface area contributed by atoms with Gasteiger partial charge in [-0.15, -0.1) is 0 Å². The lowest BCUT2D eigenvalue weighted by Gasteiger charge is -2.06. The number of aliphatic hydroxyl groups excluding tert-OH is 1. The van der Waals surface area contributed by atoms with Crippen molar-refractivity contribution in [3.63, 3.8) is 0 Å². The molecule has 0 aliphatic heterocycles. The predicted molar refractivity (Wildman–Crippen MR) is 68.5 cm³/mol. The average molecular weight is 302 g/mol. The molecule has 0 fully saturated rings. The van der Waals surface area contributed by atoms with E-state index in [0.29, 0.717) is 5.69 Å². The summed E-state index contributed by atoms with van der Waals surface area (Å²) in [4.78, 5) is -0.0752. The average Bonchev–Trinajstić information content (AvgIpc) is 2.76. The van der Waals surface area contributed by atoms with Crippen molar-refractivity contribution in [2.75, 3.05) is 4.72 Å². The molecule has 0 amide bonds. The number of benzene rings is 1. The van der Waals surface area contributed by atoms with Gasteiger partial charge in [0.2, 0.25) is 0 Å². The minimum atomic E-state index is -3.93. The van der Waals surface area contributed by atoms with E-state index in [1.54, 1.807) is 7.05 Å². The van der Waals surface area contributed by atoms with Gasteiger partial charge in [0, 0.05) is 25.0 Å². The largest absolute Gasteiger partial charge is 0.390 e. The third-order valence-corrected chi connectivity index (χ3v) is 4.08. The Morgan fingerprint density at radius 1 is 1.25 bits per heavy atom. The molecular formula is C12H12F2N2O3S. The van der Waals surface area contributed by atoms with Crippen LogP contribution in [0.15, 0.2) is 35.4 Å². The Hall–Kier alpha value is -1.93. The van der Waals surface area contributed by atoms with Gasteiger partial charge in [-0.3, -0.25) is 4.72 Å². The van der Waals surface area contributed by atoms with Gasteiger partial charge in [-0.1, -0.05) is 0 Å². The number of aliphatic hydroxyl groups is 1. The Kier molecular flexibility index (Phi) is 3.78. The monoisotopic (exact) mass is 302 g/mol. The van der Waals surface area contributed by atoms with Crippen LogP contribution in [0.2, 0.25) is 0 Å². The molecule has 0 bridgehead atoms. The Morgan fingerprint density at radius 2 is 1.95 bits per heavy atom. The SMILES string of the molecule is Cn1cc(S(=O)(=O)Nc2ccc(F)c(F)c2)cc1CO. The fraction of sp³-hybridized carbons (Fsp3) is 0.167. The number of aromatic nitrogens is 1. The van der Waals surface area contributed by atoms with Gasteiger partial charge in [-0.25, -0.2) is 17.2 Å². The van der Waals surface area contributed by atoms with Gasteiger partial charge in [-0.2, -0.15) is 0 Å². The molecule has 8 heteroatoms. The van der Waals surface area contributed by atoms with E-state index in [-0.39, 0.29) is 17.2 Å². The number of hydrogen-bond acceptors (Lipinski definition) is 3. The summed E-state index contributed by atoms with van der Waals surface area (Å²) >= 11 is 0. The highest BCUT2D eigenvalue weighted by Crippen LogP contribution is 2.20. The van der Waals surface area contributed by atoms with Gasteiger partial charge in [0.1, 0.15) is 4.90 Å². The quantitative estimate of drug-likeness (QED) is 0.901. The molecule has 2 N–H and O–H groups in total. The molecule has 0 aliphatic rings. The summed E-state index contributed by atoms with van der Waals surface area (Å²) in [6.07, 6.45) is 1.31. The summed E-state index contributed by atoms with van der Waals surface area (Å²) < 4.78 is 53.5. The van der Waals surface area contributed by atoms with Gasteiger partial charge in [-0.05, 0) is 18.2 Å². The maximum absolute atomic E-state index is 13.0. The fourth-order valence-corrected chi connectivity index (χ4v) is 2.80. The Labute approximate surface area is 114 Å². The van der Waals surface area contributed by atoms with E-state index in [1.807, 2.05) is 0 Å². The molecule has 0 saturated heterocycles. The van der Waals surface area contributed by atoms with E-state index >= 15 is 0 Å². The topological polar surface area (TPSA) is 71.3 Å². The number of aryl methyl sites for hydroxylation is 1. The maximum Gasteiger partial charge on any atom is 0.263 e. The van der Waals surface area contributed by atoms with Gasteiger partial charge in [0.15, 0.2) is 11.6 Å². The van der Waals surface area contributed by atoms with Crippen molar-refractivity contribution in [1.29, 1.82) is 0 Å². The molecule has 0 unspecified atom stereocenters. The normalized spacial score (nSPS) is 11.6. The van der Waals surface area contributed by atoms with Crippen LogP contribution in [0.4, 0.5) is 14.5 Å². The van der Waals surface area contributed by atoms with Crippen molar-refractivity contribution in [1.82, 2.24) is 4.57 Å². The van der Waals surface area contributed by atoms with Gasteiger partial charge in [0.05, 0.1) is 12.3 Å². The number of anilines is 1. The van der Waals surface area contributed by atoms with Crippen molar-refractivity contribution >= 4 is 15.7 Å². The van der Waals surface area contributed by atoms with Gasteiger partial charge in [0.25, 0.3) is 10.0 Å². The van der Waals surface area contributed by atoms with E-state index in [0.717, 1.165) is 18.2 Å². The van der Waals surface area contributed by atoms with Gasteiger partial charge >= 0.3 is 0 Å². The number of sulfonamides is 1. The number of hydrogen-bond donors (Lipinski definition) is 2. The molecule has 0 spiro atoms. The summed E-state index contributed by atoms with van der Waals surface area (Å²) in [6.45, 7) is -0.308. The summed E-state index contributed by atoms with van der Waals surface area (Å²) in [5, 5.41) is 9.03. The smallest absolute Gasteiger partial charge is 0.263 e. The first-order chi connectivity index (χ1) is 9.33. The second-order valence-electron chi connectivity index (χ2n) is 4.17. The van der Waals surface area contributed by atoms with Crippen LogP contribution in [-0.4, -0.2) is 18.1 Å². The summed E-state index contributed by atoms with van der Waals surface area (Å²) in [6, 6.07) is 3.99. The first-order valence-electron chi connectivity index (χ1n) is 5.57. The molecule has 0 aliphatic carbocycles. The van der Waals surface area contributed by atoms with Crippen LogP contribution in [0.1, 0.15) is 5.69 Å². The van der Waals surface area contributed by atoms with E-state index < -0.39 is 21.7 Å². The zero-order valence-corrected chi connectivity index (χ0v) is 11.3. The first-order valence-corrected chi connectivity index (χ1v) is 7.06. The molecular weight excluding hydrogens is 290 g/mol. The van der Waals surface area contributed by atoms with Crippen LogP contribution in [0.25, 0.3) is 0 Å². The van der Waals surface area contributed by atoms with Crippen molar-refractivity contribution in [2.24, 2.45) is 7.05 Å². The molecule has 1 aromatic heterocycles. The van der Waals surface area contributed by atoms with Crippen LogP contribution in [0.5, 0.6) is 0 Å². The van der Waals surface area contributed by atoms with E-state index in [1.165, 1.54) is 16.8 Å². The van der Waals surface area contributed by atoms with Gasteiger partial charge < -0.3 is 9.67 Å². The number of halogens is 2. The highest BCUT2D eigenvalue weighted by atomic mass is 32.2. The molecule has 2 aromatic rings. The Morgan fingerprint density at radius 3 is 2.50 bits per heavy atom. The molecule has 1 heterocycles. The Balaban J connectivity index is 2.32. The molecule has 5 nitrogen and oxygen atoms in total. The third-order valence-electron chi connectivity index (χ3n) is 2.73. The first kappa shape index (κ1) is 14.5. The lowest BCUT2D eigenvalue weighted by atomic mass is 10.3. The number of nitrogens with one attached hydrogen (secondary N) is 1. The van der Waals surface area contributed by atoms with Crippen LogP contribution >= 0.6 is 0 Å². The second kappa shape index (κ2) is 5.22. The van der Waals surface area contributed by atoms with Crippen LogP contribution < -0.4 is 4.72 Å². The van der Waals surface area contributed by atoms with Crippen molar-refractivity contribution < 1.29 is 22.3 Å².